The van der Waals surface area contributed by atoms with Crippen LogP contribution in [0.4, 0.5) is 5.95 Å². The van der Waals surface area contributed by atoms with E-state index in [9.17, 15) is 5.11 Å². The van der Waals surface area contributed by atoms with Gasteiger partial charge in [-0.1, -0.05) is 44.2 Å². The second kappa shape index (κ2) is 6.96. The van der Waals surface area contributed by atoms with Crippen molar-refractivity contribution in [1.82, 2.24) is 15.2 Å². The van der Waals surface area contributed by atoms with E-state index >= 15 is 0 Å². The van der Waals surface area contributed by atoms with Crippen molar-refractivity contribution < 1.29 is 5.11 Å². The lowest BCUT2D eigenvalue weighted by Gasteiger charge is -2.12. The summed E-state index contributed by atoms with van der Waals surface area (Å²) < 4.78 is 0. The van der Waals surface area contributed by atoms with E-state index in [-0.39, 0.29) is 0 Å². The summed E-state index contributed by atoms with van der Waals surface area (Å²) in [7, 11) is 0. The summed E-state index contributed by atoms with van der Waals surface area (Å²) in [6.45, 7) is 4.45. The van der Waals surface area contributed by atoms with Gasteiger partial charge in [-0.05, 0) is 18.4 Å². The molecule has 0 amide bonds. The Hall–Kier alpha value is -2.01. The largest absolute Gasteiger partial charge is 0.387 e. The van der Waals surface area contributed by atoms with Crippen molar-refractivity contribution in [2.24, 2.45) is 0 Å². The van der Waals surface area contributed by atoms with Crippen LogP contribution in [0.25, 0.3) is 0 Å². The van der Waals surface area contributed by atoms with Gasteiger partial charge in [0.05, 0.1) is 17.5 Å². The molecule has 1 unspecified atom stereocenters. The van der Waals surface area contributed by atoms with Gasteiger partial charge in [0, 0.05) is 6.54 Å². The summed E-state index contributed by atoms with van der Waals surface area (Å²) >= 11 is 0. The van der Waals surface area contributed by atoms with E-state index in [0.717, 1.165) is 29.8 Å². The normalized spacial score (nSPS) is 12.2. The average molecular weight is 272 g/mol. The molecule has 0 fully saturated rings. The molecule has 2 rings (SSSR count). The Morgan fingerprint density at radius 2 is 1.75 bits per heavy atom. The highest BCUT2D eigenvalue weighted by atomic mass is 16.3. The molecule has 0 saturated carbocycles. The zero-order valence-electron chi connectivity index (χ0n) is 11.9. The van der Waals surface area contributed by atoms with Crippen molar-refractivity contribution in [2.45, 2.75) is 32.8 Å². The van der Waals surface area contributed by atoms with Gasteiger partial charge in [-0.25, -0.2) is 4.98 Å². The molecule has 106 valence electrons. The first kappa shape index (κ1) is 14.4. The first-order valence-corrected chi connectivity index (χ1v) is 6.94. The summed E-state index contributed by atoms with van der Waals surface area (Å²) in [6, 6.07) is 9.52. The van der Waals surface area contributed by atoms with Gasteiger partial charge in [0.2, 0.25) is 5.95 Å². The molecule has 0 aliphatic carbocycles. The smallest absolute Gasteiger partial charge is 0.243 e. The fourth-order valence-corrected chi connectivity index (χ4v) is 1.99. The molecule has 1 aromatic carbocycles. The van der Waals surface area contributed by atoms with Crippen LogP contribution in [0.5, 0.6) is 0 Å². The molecule has 0 aliphatic heterocycles. The lowest BCUT2D eigenvalue weighted by molar-refractivity contribution is 0.191. The highest BCUT2D eigenvalue weighted by Crippen LogP contribution is 2.13. The van der Waals surface area contributed by atoms with Gasteiger partial charge in [0.1, 0.15) is 0 Å². The Morgan fingerprint density at radius 1 is 1.05 bits per heavy atom. The van der Waals surface area contributed by atoms with Crippen molar-refractivity contribution in [3.63, 3.8) is 0 Å². The topological polar surface area (TPSA) is 70.9 Å². The second-order valence-electron chi connectivity index (χ2n) is 4.54. The van der Waals surface area contributed by atoms with Gasteiger partial charge in [-0.3, -0.25) is 0 Å². The van der Waals surface area contributed by atoms with E-state index < -0.39 is 6.10 Å². The summed E-state index contributed by atoms with van der Waals surface area (Å²) in [4.78, 5) is 4.43. The Balaban J connectivity index is 2.00. The third-order valence-electron chi connectivity index (χ3n) is 3.15. The molecule has 2 aromatic rings. The van der Waals surface area contributed by atoms with Crippen molar-refractivity contribution in [1.29, 1.82) is 0 Å². The quantitative estimate of drug-likeness (QED) is 0.843. The minimum Gasteiger partial charge on any atom is -0.387 e. The first-order chi connectivity index (χ1) is 9.74. The van der Waals surface area contributed by atoms with Gasteiger partial charge < -0.3 is 10.4 Å². The van der Waals surface area contributed by atoms with Crippen LogP contribution in [0.3, 0.4) is 0 Å². The third-order valence-corrected chi connectivity index (χ3v) is 3.15. The molecule has 0 spiro atoms. The number of nitrogens with zero attached hydrogens (tertiary/aromatic N) is 3. The summed E-state index contributed by atoms with van der Waals surface area (Å²) in [5.74, 6) is 0.467. The monoisotopic (exact) mass is 272 g/mol. The maximum absolute atomic E-state index is 10.1. The van der Waals surface area contributed by atoms with E-state index in [1.54, 1.807) is 0 Å². The number of aryl methyl sites for hydroxylation is 2. The minimum absolute atomic E-state index is 0.361. The molecular weight excluding hydrogens is 252 g/mol. The molecule has 0 aliphatic rings. The molecule has 1 atom stereocenters. The Bertz CT molecular complexity index is 545. The first-order valence-electron chi connectivity index (χ1n) is 6.94. The van der Waals surface area contributed by atoms with Gasteiger partial charge >= 0.3 is 0 Å². The number of benzene rings is 1. The summed E-state index contributed by atoms with van der Waals surface area (Å²) in [5.41, 5.74) is 2.76. The van der Waals surface area contributed by atoms with Crippen LogP contribution in [0.15, 0.2) is 30.3 Å². The van der Waals surface area contributed by atoms with Crippen LogP contribution in [0.2, 0.25) is 0 Å². The molecule has 2 N–H and O–H groups in total. The van der Waals surface area contributed by atoms with E-state index in [0.29, 0.717) is 12.5 Å². The molecule has 1 heterocycles. The fourth-order valence-electron chi connectivity index (χ4n) is 1.99. The van der Waals surface area contributed by atoms with Gasteiger partial charge in [0.15, 0.2) is 0 Å². The molecule has 5 nitrogen and oxygen atoms in total. The van der Waals surface area contributed by atoms with Gasteiger partial charge in [-0.2, -0.15) is 5.10 Å². The van der Waals surface area contributed by atoms with Crippen LogP contribution in [-0.2, 0) is 12.8 Å². The van der Waals surface area contributed by atoms with E-state index in [1.807, 2.05) is 44.2 Å². The summed E-state index contributed by atoms with van der Waals surface area (Å²) in [6.07, 6.45) is 1.07. The number of aliphatic hydroxyl groups excluding tert-OH is 1. The zero-order chi connectivity index (χ0) is 14.4. The highest BCUT2D eigenvalue weighted by Gasteiger charge is 2.09. The van der Waals surface area contributed by atoms with E-state index in [2.05, 4.69) is 20.5 Å². The molecule has 1 aromatic heterocycles. The van der Waals surface area contributed by atoms with Gasteiger partial charge in [-0.15, -0.1) is 5.10 Å². The van der Waals surface area contributed by atoms with Crippen LogP contribution in [-0.4, -0.2) is 26.8 Å². The second-order valence-corrected chi connectivity index (χ2v) is 4.54. The molecular formula is C15H20N4O. The van der Waals surface area contributed by atoms with Crippen LogP contribution in [0, 0.1) is 0 Å². The standard InChI is InChI=1S/C15H20N4O/c1-3-12-13(4-2)18-19-15(17-12)16-10-14(20)11-8-6-5-7-9-11/h5-9,14,20H,3-4,10H2,1-2H3,(H,16,17,19). The number of rotatable bonds is 6. The van der Waals surface area contributed by atoms with Crippen LogP contribution < -0.4 is 5.32 Å². The number of nitrogens with one attached hydrogen (secondary N) is 1. The minimum atomic E-state index is -0.587. The predicted molar refractivity (Wildman–Crippen MR) is 78.5 cm³/mol. The summed E-state index contributed by atoms with van der Waals surface area (Å²) in [5, 5.41) is 21.3. The van der Waals surface area contributed by atoms with Crippen molar-refractivity contribution in [2.75, 3.05) is 11.9 Å². The van der Waals surface area contributed by atoms with E-state index in [1.165, 1.54) is 0 Å². The van der Waals surface area contributed by atoms with Crippen molar-refractivity contribution >= 4 is 5.95 Å². The zero-order valence-corrected chi connectivity index (χ0v) is 11.9. The average Bonchev–Trinajstić information content (AvgIpc) is 2.53. The lowest BCUT2D eigenvalue weighted by Crippen LogP contribution is -2.15. The maximum Gasteiger partial charge on any atom is 0.243 e. The number of anilines is 1. The third kappa shape index (κ3) is 3.51. The SMILES string of the molecule is CCc1nnc(NCC(O)c2ccccc2)nc1CC. The van der Waals surface area contributed by atoms with Gasteiger partial charge in [0.25, 0.3) is 0 Å². The molecule has 0 bridgehead atoms. The van der Waals surface area contributed by atoms with Crippen LogP contribution >= 0.6 is 0 Å². The Morgan fingerprint density at radius 3 is 2.40 bits per heavy atom. The highest BCUT2D eigenvalue weighted by molar-refractivity contribution is 5.27. The Labute approximate surface area is 119 Å². The number of hydrogen-bond donors (Lipinski definition) is 2. The maximum atomic E-state index is 10.1. The number of aromatic nitrogens is 3. The molecule has 0 saturated heterocycles. The molecule has 0 radical (unpaired) electrons. The fraction of sp³-hybridized carbons (Fsp3) is 0.400. The van der Waals surface area contributed by atoms with E-state index in [4.69, 9.17) is 0 Å². The van der Waals surface area contributed by atoms with Crippen LogP contribution in [0.1, 0.15) is 36.9 Å². The predicted octanol–water partition coefficient (Wildman–Crippen LogP) is 2.14. The number of hydrogen-bond acceptors (Lipinski definition) is 5. The molecule has 20 heavy (non-hydrogen) atoms. The van der Waals surface area contributed by atoms with Crippen molar-refractivity contribution in [3.8, 4) is 0 Å². The number of aliphatic hydroxyl groups is 1. The lowest BCUT2D eigenvalue weighted by atomic mass is 10.1. The molecule has 5 heteroatoms. The van der Waals surface area contributed by atoms with Crippen molar-refractivity contribution in [3.05, 3.63) is 47.3 Å². The Kier molecular flexibility index (Phi) is 5.01.